The third kappa shape index (κ3) is 1.92. The van der Waals surface area contributed by atoms with Crippen LogP contribution >= 0.6 is 0 Å². The molecule has 0 aliphatic rings. The molecule has 0 aliphatic carbocycles. The van der Waals surface area contributed by atoms with Crippen molar-refractivity contribution in [3.63, 3.8) is 0 Å². The molecule has 1 heterocycles. The van der Waals surface area contributed by atoms with E-state index in [1.54, 1.807) is 7.55 Å². The third-order valence-electron chi connectivity index (χ3n) is 3.37. The Kier molecular flexibility index (Phi) is 3.06. The summed E-state index contributed by atoms with van der Waals surface area (Å²) in [7, 11) is 1.63. The first kappa shape index (κ1) is 11.9. The van der Waals surface area contributed by atoms with Gasteiger partial charge in [0.1, 0.15) is 0 Å². The Labute approximate surface area is 113 Å². The van der Waals surface area contributed by atoms with Crippen molar-refractivity contribution in [1.82, 2.24) is 0 Å². The van der Waals surface area contributed by atoms with Gasteiger partial charge in [0.15, 0.2) is 11.0 Å². The number of benzene rings is 2. The number of rotatable bonds is 2. The highest BCUT2D eigenvalue weighted by atomic mass is 14.9. The topological polar surface area (TPSA) is 29.9 Å². The van der Waals surface area contributed by atoms with E-state index < -0.39 is 0 Å². The number of allylic oxidation sites excluding steroid dienone is 1. The summed E-state index contributed by atoms with van der Waals surface area (Å²) in [6.45, 7) is 2.03. The highest BCUT2D eigenvalue weighted by Crippen LogP contribution is 2.22. The number of hydrogen-bond acceptors (Lipinski definition) is 1. The van der Waals surface area contributed by atoms with Crippen LogP contribution in [0.4, 0.5) is 0 Å². The molecular weight excluding hydrogens is 231 g/mol. The van der Waals surface area contributed by atoms with Crippen molar-refractivity contribution < 1.29 is 4.48 Å². The number of aromatic nitrogens is 1. The lowest BCUT2D eigenvalue weighted by molar-refractivity contribution is -0.468. The molecule has 0 atom stereocenters. The van der Waals surface area contributed by atoms with E-state index in [-0.39, 0.29) is 0 Å². The lowest BCUT2D eigenvalue weighted by atomic mass is 10.0. The molecule has 2 N–H and O–H groups in total. The molecular formula is C16H15BN2+. The molecule has 19 heavy (non-hydrogen) atoms. The fraction of sp³-hybridized carbons (Fsp3) is 0.0625. The third-order valence-corrected chi connectivity index (χ3v) is 3.37. The van der Waals surface area contributed by atoms with E-state index >= 15 is 0 Å². The number of nitrogens with zero attached hydrogens (tertiary/aromatic N) is 1. The standard InChI is InChI=1S/C16H15BN2/c1-2-6-12-8-5-10-16-14(12)11-13-7-3-4-9-15(13)19(16)17-18/h2-11H,18H2,1H3/q+1/b6-2+. The van der Waals surface area contributed by atoms with E-state index in [1.165, 1.54) is 16.3 Å². The molecule has 3 aromatic rings. The molecule has 3 rings (SSSR count). The fourth-order valence-corrected chi connectivity index (χ4v) is 2.54. The Morgan fingerprint density at radius 1 is 1.05 bits per heavy atom. The van der Waals surface area contributed by atoms with E-state index in [4.69, 9.17) is 5.64 Å². The van der Waals surface area contributed by atoms with Crippen molar-refractivity contribution in [2.24, 2.45) is 5.64 Å². The van der Waals surface area contributed by atoms with E-state index in [0.29, 0.717) is 0 Å². The van der Waals surface area contributed by atoms with Crippen LogP contribution in [0, 0.1) is 0 Å². The lowest BCUT2D eigenvalue weighted by Gasteiger charge is -2.06. The molecule has 0 bridgehead atoms. The minimum Gasteiger partial charge on any atom is -0.303 e. The van der Waals surface area contributed by atoms with Crippen molar-refractivity contribution >= 4 is 35.4 Å². The van der Waals surface area contributed by atoms with Crippen LogP contribution in [0.25, 0.3) is 27.9 Å². The van der Waals surface area contributed by atoms with Gasteiger partial charge in [-0.2, -0.15) is 0 Å². The zero-order valence-corrected chi connectivity index (χ0v) is 10.9. The second kappa shape index (κ2) is 4.86. The Morgan fingerprint density at radius 2 is 1.84 bits per heavy atom. The van der Waals surface area contributed by atoms with Crippen LogP contribution in [-0.2, 0) is 0 Å². The van der Waals surface area contributed by atoms with Gasteiger partial charge in [-0.25, -0.2) is 0 Å². The van der Waals surface area contributed by atoms with Crippen molar-refractivity contribution in [1.29, 1.82) is 0 Å². The summed E-state index contributed by atoms with van der Waals surface area (Å²) >= 11 is 0. The molecule has 0 saturated carbocycles. The maximum Gasteiger partial charge on any atom is 0.649 e. The van der Waals surface area contributed by atoms with Crippen LogP contribution in [0.5, 0.6) is 0 Å². The molecule has 0 aliphatic heterocycles. The number of para-hydroxylation sites is 1. The summed E-state index contributed by atoms with van der Waals surface area (Å²) in [5.41, 5.74) is 9.28. The van der Waals surface area contributed by atoms with E-state index in [2.05, 4.69) is 48.6 Å². The first-order valence-corrected chi connectivity index (χ1v) is 6.39. The molecule has 91 valence electrons. The van der Waals surface area contributed by atoms with Crippen LogP contribution in [0.15, 0.2) is 54.6 Å². The average Bonchev–Trinajstić information content (AvgIpc) is 2.45. The monoisotopic (exact) mass is 246 g/mol. The molecule has 1 radical (unpaired) electrons. The second-order valence-electron chi connectivity index (χ2n) is 4.50. The van der Waals surface area contributed by atoms with Gasteiger partial charge in [0, 0.05) is 17.5 Å². The Morgan fingerprint density at radius 3 is 2.63 bits per heavy atom. The predicted molar refractivity (Wildman–Crippen MR) is 81.7 cm³/mol. The maximum atomic E-state index is 5.83. The first-order chi connectivity index (χ1) is 9.35. The first-order valence-electron chi connectivity index (χ1n) is 6.39. The summed E-state index contributed by atoms with van der Waals surface area (Å²) in [5.74, 6) is 0. The Balaban J connectivity index is 2.51. The summed E-state index contributed by atoms with van der Waals surface area (Å²) in [4.78, 5) is 0. The van der Waals surface area contributed by atoms with Gasteiger partial charge in [-0.3, -0.25) is 4.48 Å². The lowest BCUT2D eigenvalue weighted by Crippen LogP contribution is -2.46. The SMILES string of the molecule is C/C=C/c1cccc2c1cc1ccccc1[n+]2[B]N. The number of hydrogen-bond donors (Lipinski definition) is 1. The van der Waals surface area contributed by atoms with E-state index in [0.717, 1.165) is 11.0 Å². The minimum absolute atomic E-state index is 1.12. The minimum atomic E-state index is 1.12. The van der Waals surface area contributed by atoms with E-state index in [1.807, 2.05) is 23.5 Å². The highest BCUT2D eigenvalue weighted by molar-refractivity contribution is 6.22. The van der Waals surface area contributed by atoms with Gasteiger partial charge in [-0.1, -0.05) is 36.4 Å². The second-order valence-corrected chi connectivity index (χ2v) is 4.50. The van der Waals surface area contributed by atoms with Gasteiger partial charge in [0.25, 0.3) is 0 Å². The summed E-state index contributed by atoms with van der Waals surface area (Å²) in [6, 6.07) is 16.8. The smallest absolute Gasteiger partial charge is 0.303 e. The van der Waals surface area contributed by atoms with Crippen LogP contribution in [0.3, 0.4) is 0 Å². The van der Waals surface area contributed by atoms with Crippen molar-refractivity contribution in [2.45, 2.75) is 6.92 Å². The van der Waals surface area contributed by atoms with Crippen LogP contribution in [-0.4, -0.2) is 7.55 Å². The number of nitrogens with two attached hydrogens (primary N) is 1. The van der Waals surface area contributed by atoms with Gasteiger partial charge in [0.05, 0.1) is 5.39 Å². The predicted octanol–water partition coefficient (Wildman–Crippen LogP) is 2.65. The zero-order chi connectivity index (χ0) is 13.2. The van der Waals surface area contributed by atoms with Crippen molar-refractivity contribution in [2.75, 3.05) is 0 Å². The molecule has 2 nitrogen and oxygen atoms in total. The molecule has 1 aromatic heterocycles. The average molecular weight is 246 g/mol. The zero-order valence-electron chi connectivity index (χ0n) is 10.9. The number of pyridine rings is 1. The Hall–Kier alpha value is -2.13. The largest absolute Gasteiger partial charge is 0.649 e. The van der Waals surface area contributed by atoms with Crippen LogP contribution < -0.4 is 10.1 Å². The number of fused-ring (bicyclic) bond motifs is 2. The maximum absolute atomic E-state index is 5.83. The van der Waals surface area contributed by atoms with E-state index in [9.17, 15) is 0 Å². The van der Waals surface area contributed by atoms with Gasteiger partial charge in [-0.15, -0.1) is 0 Å². The highest BCUT2D eigenvalue weighted by Gasteiger charge is 2.16. The summed E-state index contributed by atoms with van der Waals surface area (Å²) in [5, 5.41) is 2.40. The van der Waals surface area contributed by atoms with Gasteiger partial charge in [0.2, 0.25) is 0 Å². The van der Waals surface area contributed by atoms with Crippen molar-refractivity contribution in [3.05, 3.63) is 60.2 Å². The van der Waals surface area contributed by atoms with Gasteiger partial charge in [-0.05, 0) is 24.6 Å². The van der Waals surface area contributed by atoms with Crippen LogP contribution in [0.2, 0.25) is 0 Å². The Bertz CT molecular complexity index is 778. The molecule has 0 saturated heterocycles. The quantitative estimate of drug-likeness (QED) is 0.546. The normalized spacial score (nSPS) is 11.5. The molecule has 0 spiro atoms. The van der Waals surface area contributed by atoms with Crippen LogP contribution in [0.1, 0.15) is 12.5 Å². The molecule has 0 amide bonds. The fourth-order valence-electron chi connectivity index (χ4n) is 2.54. The molecule has 0 unspecified atom stereocenters. The van der Waals surface area contributed by atoms with Gasteiger partial charge >= 0.3 is 7.55 Å². The summed E-state index contributed by atoms with van der Waals surface area (Å²) < 4.78 is 2.04. The van der Waals surface area contributed by atoms with Gasteiger partial charge < -0.3 is 5.64 Å². The molecule has 3 heteroatoms. The molecule has 0 fully saturated rings. The van der Waals surface area contributed by atoms with Crippen molar-refractivity contribution in [3.8, 4) is 0 Å². The molecule has 2 aromatic carbocycles. The summed E-state index contributed by atoms with van der Waals surface area (Å²) in [6.07, 6.45) is 4.18.